The number of thioether (sulfide) groups is 1. The number of amides is 3. The van der Waals surface area contributed by atoms with Gasteiger partial charge in [0.15, 0.2) is 0 Å². The number of nitrogens with one attached hydrogen (secondary N) is 3. The molecule has 4 aromatic carbocycles. The maximum atomic E-state index is 13.4. The second-order valence-electron chi connectivity index (χ2n) is 9.26. The molecule has 0 aliphatic carbocycles. The Morgan fingerprint density at radius 2 is 1.59 bits per heavy atom. The molecule has 0 bridgehead atoms. The summed E-state index contributed by atoms with van der Waals surface area (Å²) in [5.74, 6) is -0.277. The van der Waals surface area contributed by atoms with Crippen molar-refractivity contribution in [2.24, 2.45) is 0 Å². The molecule has 0 fully saturated rings. The minimum Gasteiger partial charge on any atom is -0.496 e. The van der Waals surface area contributed by atoms with E-state index in [0.717, 1.165) is 21.7 Å². The maximum absolute atomic E-state index is 13.4. The van der Waals surface area contributed by atoms with Crippen molar-refractivity contribution in [3.05, 3.63) is 125 Å². The zero-order valence-electron chi connectivity index (χ0n) is 23.1. The lowest BCUT2D eigenvalue weighted by Crippen LogP contribution is -2.30. The summed E-state index contributed by atoms with van der Waals surface area (Å²) < 4.78 is 5.42. The average molecular weight is 566 g/mol. The number of rotatable bonds is 10. The lowest BCUT2D eigenvalue weighted by molar-refractivity contribution is -0.114. The predicted octanol–water partition coefficient (Wildman–Crippen LogP) is 6.45. The Bertz CT molecular complexity index is 1580. The first-order valence-electron chi connectivity index (χ1n) is 12.9. The fourth-order valence-electron chi connectivity index (χ4n) is 3.95. The van der Waals surface area contributed by atoms with Crippen LogP contribution < -0.4 is 20.7 Å². The van der Waals surface area contributed by atoms with Gasteiger partial charge in [-0.2, -0.15) is 0 Å². The van der Waals surface area contributed by atoms with E-state index in [1.807, 2.05) is 56.3 Å². The number of aryl methyl sites for hydroxylation is 2. The van der Waals surface area contributed by atoms with Gasteiger partial charge in [0.25, 0.3) is 11.8 Å². The highest BCUT2D eigenvalue weighted by Crippen LogP contribution is 2.24. The van der Waals surface area contributed by atoms with Gasteiger partial charge < -0.3 is 20.7 Å². The van der Waals surface area contributed by atoms with E-state index >= 15 is 0 Å². The molecule has 0 aromatic heterocycles. The van der Waals surface area contributed by atoms with Crippen LogP contribution in [0.1, 0.15) is 27.0 Å². The molecule has 8 heteroatoms. The highest BCUT2D eigenvalue weighted by Gasteiger charge is 2.16. The molecule has 0 unspecified atom stereocenters. The zero-order valence-corrected chi connectivity index (χ0v) is 23.9. The van der Waals surface area contributed by atoms with E-state index in [1.54, 1.807) is 67.8 Å². The molecule has 0 atom stereocenters. The number of carbonyl (C=O) groups excluding carboxylic acids is 3. The number of ether oxygens (including phenoxy) is 1. The van der Waals surface area contributed by atoms with Crippen molar-refractivity contribution in [2.75, 3.05) is 23.5 Å². The molecule has 4 rings (SSSR count). The van der Waals surface area contributed by atoms with Gasteiger partial charge in [0.05, 0.1) is 12.9 Å². The summed E-state index contributed by atoms with van der Waals surface area (Å²) in [7, 11) is 1.54. The minimum absolute atomic E-state index is 0.0503. The van der Waals surface area contributed by atoms with Crippen molar-refractivity contribution in [2.45, 2.75) is 18.7 Å². The van der Waals surface area contributed by atoms with Gasteiger partial charge in [-0.25, -0.2) is 0 Å². The SMILES string of the molecule is COc1ccccc1/C=C(/NC(=O)c1ccccc1)C(=O)Nc1cccc(SCC(=O)Nc2cc(C)ccc2C)c1. The van der Waals surface area contributed by atoms with Crippen LogP contribution in [0.5, 0.6) is 5.75 Å². The minimum atomic E-state index is -0.505. The van der Waals surface area contributed by atoms with Gasteiger partial charge >= 0.3 is 0 Å². The Balaban J connectivity index is 1.48. The van der Waals surface area contributed by atoms with Crippen molar-refractivity contribution in [1.29, 1.82) is 0 Å². The number of hydrogen-bond acceptors (Lipinski definition) is 5. The first-order valence-corrected chi connectivity index (χ1v) is 13.9. The summed E-state index contributed by atoms with van der Waals surface area (Å²) in [5.41, 5.74) is 4.49. The predicted molar refractivity (Wildman–Crippen MR) is 165 cm³/mol. The van der Waals surface area contributed by atoms with Crippen LogP contribution in [-0.4, -0.2) is 30.6 Å². The number of benzene rings is 4. The molecule has 0 spiro atoms. The van der Waals surface area contributed by atoms with E-state index in [9.17, 15) is 14.4 Å². The summed E-state index contributed by atoms with van der Waals surface area (Å²) in [4.78, 5) is 39.7. The second-order valence-corrected chi connectivity index (χ2v) is 10.3. The van der Waals surface area contributed by atoms with Gasteiger partial charge in [-0.15, -0.1) is 11.8 Å². The number of carbonyl (C=O) groups is 3. The Morgan fingerprint density at radius 1 is 0.829 bits per heavy atom. The molecule has 0 aliphatic heterocycles. The molecule has 3 amide bonds. The number of hydrogen-bond donors (Lipinski definition) is 3. The quantitative estimate of drug-likeness (QED) is 0.152. The first kappa shape index (κ1) is 29.2. The monoisotopic (exact) mass is 565 g/mol. The van der Waals surface area contributed by atoms with E-state index in [1.165, 1.54) is 11.8 Å². The van der Waals surface area contributed by atoms with Gasteiger partial charge in [-0.3, -0.25) is 14.4 Å². The Morgan fingerprint density at radius 3 is 2.37 bits per heavy atom. The van der Waals surface area contributed by atoms with Crippen LogP contribution in [0.3, 0.4) is 0 Å². The molecule has 7 nitrogen and oxygen atoms in total. The normalized spacial score (nSPS) is 11.0. The molecule has 0 heterocycles. The van der Waals surface area contributed by atoms with Gasteiger partial charge in [-0.05, 0) is 73.5 Å². The van der Waals surface area contributed by atoms with Gasteiger partial charge in [0.1, 0.15) is 11.4 Å². The summed E-state index contributed by atoms with van der Waals surface area (Å²) in [5, 5.41) is 8.56. The highest BCUT2D eigenvalue weighted by atomic mass is 32.2. The third kappa shape index (κ3) is 8.33. The molecule has 41 heavy (non-hydrogen) atoms. The van der Waals surface area contributed by atoms with E-state index in [0.29, 0.717) is 22.6 Å². The molecule has 0 saturated carbocycles. The van der Waals surface area contributed by atoms with Gasteiger partial charge in [-0.1, -0.05) is 54.6 Å². The Labute approximate surface area is 244 Å². The van der Waals surface area contributed by atoms with Gasteiger partial charge in [0.2, 0.25) is 5.91 Å². The Kier molecular flexibility index (Phi) is 9.96. The molecule has 3 N–H and O–H groups in total. The van der Waals surface area contributed by atoms with Gasteiger partial charge in [0, 0.05) is 27.4 Å². The van der Waals surface area contributed by atoms with E-state index < -0.39 is 11.8 Å². The highest BCUT2D eigenvalue weighted by molar-refractivity contribution is 8.00. The zero-order chi connectivity index (χ0) is 29.2. The number of methoxy groups -OCH3 is 1. The molecular weight excluding hydrogens is 534 g/mol. The largest absolute Gasteiger partial charge is 0.496 e. The topological polar surface area (TPSA) is 96.5 Å². The van der Waals surface area contributed by atoms with Crippen LogP contribution >= 0.6 is 11.8 Å². The van der Waals surface area contributed by atoms with Crippen LogP contribution in [0.4, 0.5) is 11.4 Å². The van der Waals surface area contributed by atoms with Crippen molar-refractivity contribution < 1.29 is 19.1 Å². The van der Waals surface area contributed by atoms with E-state index in [-0.39, 0.29) is 17.4 Å². The summed E-state index contributed by atoms with van der Waals surface area (Å²) in [6.45, 7) is 3.93. The fraction of sp³-hybridized carbons (Fsp3) is 0.121. The van der Waals surface area contributed by atoms with Crippen LogP contribution in [0.2, 0.25) is 0 Å². The number of anilines is 2. The third-order valence-electron chi connectivity index (χ3n) is 6.10. The molecule has 0 aliphatic rings. The summed E-state index contributed by atoms with van der Waals surface area (Å²) in [6.07, 6.45) is 1.57. The van der Waals surface area contributed by atoms with Crippen LogP contribution in [0.15, 0.2) is 108 Å². The van der Waals surface area contributed by atoms with Crippen LogP contribution in [0, 0.1) is 13.8 Å². The van der Waals surface area contributed by atoms with E-state index in [4.69, 9.17) is 4.74 Å². The smallest absolute Gasteiger partial charge is 0.272 e. The molecular formula is C33H31N3O4S. The first-order chi connectivity index (χ1) is 19.8. The van der Waals surface area contributed by atoms with Crippen molar-refractivity contribution in [3.8, 4) is 5.75 Å². The van der Waals surface area contributed by atoms with Crippen LogP contribution in [0.25, 0.3) is 6.08 Å². The van der Waals surface area contributed by atoms with Crippen molar-refractivity contribution in [1.82, 2.24) is 5.32 Å². The lowest BCUT2D eigenvalue weighted by atomic mass is 10.1. The van der Waals surface area contributed by atoms with E-state index in [2.05, 4.69) is 16.0 Å². The lowest BCUT2D eigenvalue weighted by Gasteiger charge is -2.13. The molecule has 4 aromatic rings. The van der Waals surface area contributed by atoms with Crippen molar-refractivity contribution in [3.63, 3.8) is 0 Å². The summed E-state index contributed by atoms with van der Waals surface area (Å²) in [6, 6.07) is 29.0. The molecule has 208 valence electrons. The maximum Gasteiger partial charge on any atom is 0.272 e. The van der Waals surface area contributed by atoms with Crippen LogP contribution in [-0.2, 0) is 9.59 Å². The number of para-hydroxylation sites is 1. The van der Waals surface area contributed by atoms with Crippen molar-refractivity contribution >= 4 is 46.9 Å². The second kappa shape index (κ2) is 14.0. The fourth-order valence-corrected chi connectivity index (χ4v) is 4.71. The molecule has 0 saturated heterocycles. The average Bonchev–Trinajstić information content (AvgIpc) is 2.98. The third-order valence-corrected chi connectivity index (χ3v) is 7.09. The summed E-state index contributed by atoms with van der Waals surface area (Å²) >= 11 is 1.36. The standard InChI is InChI=1S/C33H31N3O4S/c1-22-16-17-23(2)28(18-22)35-31(37)21-41-27-14-9-13-26(20-27)34-33(39)29(19-25-12-7-8-15-30(25)40-3)36-32(38)24-10-5-4-6-11-24/h4-20H,21H2,1-3H3,(H,34,39)(H,35,37)(H,36,38)/b29-19+. The Hall–Kier alpha value is -4.82. The molecule has 0 radical (unpaired) electrons.